The summed E-state index contributed by atoms with van der Waals surface area (Å²) in [6.07, 6.45) is 12.9. The number of hydrogen-bond donors (Lipinski definition) is 1. The van der Waals surface area contributed by atoms with Crippen molar-refractivity contribution in [2.24, 2.45) is 11.8 Å². The first-order chi connectivity index (χ1) is 19.8. The highest BCUT2D eigenvalue weighted by Gasteiger charge is 2.50. The van der Waals surface area contributed by atoms with E-state index < -0.39 is 11.6 Å². The average molecular weight is 566 g/mol. The normalized spacial score (nSPS) is 24.6. The van der Waals surface area contributed by atoms with Gasteiger partial charge in [-0.05, 0) is 63.0 Å². The predicted molar refractivity (Wildman–Crippen MR) is 158 cm³/mol. The first-order valence-electron chi connectivity index (χ1n) is 15.7. The van der Waals surface area contributed by atoms with E-state index in [0.717, 1.165) is 75.1 Å². The van der Waals surface area contributed by atoms with Gasteiger partial charge in [0.2, 0.25) is 0 Å². The molecule has 3 heterocycles. The number of ether oxygens (including phenoxy) is 1. The first kappa shape index (κ1) is 29.6. The van der Waals surface area contributed by atoms with Gasteiger partial charge >= 0.3 is 12.1 Å². The van der Waals surface area contributed by atoms with Crippen LogP contribution >= 0.6 is 0 Å². The monoisotopic (exact) mass is 565 g/mol. The van der Waals surface area contributed by atoms with Crippen molar-refractivity contribution in [2.75, 3.05) is 39.3 Å². The molecule has 1 atom stereocenters. The third-order valence-electron chi connectivity index (χ3n) is 10.2. The quantitative estimate of drug-likeness (QED) is 0.444. The summed E-state index contributed by atoms with van der Waals surface area (Å²) in [6, 6.07) is 6.44. The van der Waals surface area contributed by atoms with Crippen LogP contribution in [0.3, 0.4) is 0 Å². The SMILES string of the molecule is Cc1cccc(C)c1C(=O)N1CCC(N2CCC3(CC2)OC(=O)N(CC2CCCCC2)CC3C/C=C/C(=O)O)CC1. The number of amides is 2. The van der Waals surface area contributed by atoms with Crippen LogP contribution in [0.15, 0.2) is 30.4 Å². The van der Waals surface area contributed by atoms with Crippen LogP contribution in [0.25, 0.3) is 0 Å². The van der Waals surface area contributed by atoms with Crippen LogP contribution < -0.4 is 0 Å². The second-order valence-electron chi connectivity index (χ2n) is 12.8. The number of carboxylic acids is 1. The highest BCUT2D eigenvalue weighted by molar-refractivity contribution is 5.97. The Morgan fingerprint density at radius 3 is 2.29 bits per heavy atom. The summed E-state index contributed by atoms with van der Waals surface area (Å²) >= 11 is 0. The largest absolute Gasteiger partial charge is 0.478 e. The first-order valence-corrected chi connectivity index (χ1v) is 15.7. The van der Waals surface area contributed by atoms with Gasteiger partial charge in [0.15, 0.2) is 0 Å². The number of aliphatic carboxylic acids is 1. The Morgan fingerprint density at radius 1 is 1.00 bits per heavy atom. The van der Waals surface area contributed by atoms with Crippen LogP contribution in [-0.4, -0.2) is 88.7 Å². The minimum absolute atomic E-state index is 0.0818. The van der Waals surface area contributed by atoms with E-state index in [-0.39, 0.29) is 17.9 Å². The number of allylic oxidation sites excluding steroid dienone is 1. The fourth-order valence-electron chi connectivity index (χ4n) is 7.80. The summed E-state index contributed by atoms with van der Waals surface area (Å²) in [4.78, 5) is 44.2. The molecule has 5 rings (SSSR count). The van der Waals surface area contributed by atoms with Gasteiger partial charge < -0.3 is 19.6 Å². The number of piperidine rings is 2. The third-order valence-corrected chi connectivity index (χ3v) is 10.2. The molecule has 8 nitrogen and oxygen atoms in total. The number of carbonyl (C=O) groups excluding carboxylic acids is 2. The molecule has 1 aromatic rings. The van der Waals surface area contributed by atoms with Crippen molar-refractivity contribution < 1.29 is 24.2 Å². The highest BCUT2D eigenvalue weighted by Crippen LogP contribution is 2.42. The number of nitrogens with zero attached hydrogens (tertiary/aromatic N) is 3. The summed E-state index contributed by atoms with van der Waals surface area (Å²) in [5.41, 5.74) is 2.36. The third kappa shape index (κ3) is 6.79. The van der Waals surface area contributed by atoms with Crippen LogP contribution in [0.2, 0.25) is 0 Å². The van der Waals surface area contributed by atoms with Gasteiger partial charge in [0.1, 0.15) is 5.60 Å². The second-order valence-corrected chi connectivity index (χ2v) is 12.8. The molecule has 1 unspecified atom stereocenters. The van der Waals surface area contributed by atoms with E-state index in [1.54, 1.807) is 6.08 Å². The van der Waals surface area contributed by atoms with E-state index in [4.69, 9.17) is 9.84 Å². The van der Waals surface area contributed by atoms with Crippen LogP contribution in [0.5, 0.6) is 0 Å². The molecule has 0 aromatic heterocycles. The van der Waals surface area contributed by atoms with Crippen LogP contribution in [0.4, 0.5) is 4.79 Å². The summed E-state index contributed by atoms with van der Waals surface area (Å²) in [7, 11) is 0. The van der Waals surface area contributed by atoms with E-state index in [1.165, 1.54) is 38.2 Å². The molecule has 0 bridgehead atoms. The zero-order valence-electron chi connectivity index (χ0n) is 24.9. The molecule has 0 radical (unpaired) electrons. The van der Waals surface area contributed by atoms with Crippen molar-refractivity contribution in [3.05, 3.63) is 47.0 Å². The molecule has 4 fully saturated rings. The van der Waals surface area contributed by atoms with Gasteiger partial charge in [-0.15, -0.1) is 0 Å². The van der Waals surface area contributed by atoms with E-state index in [9.17, 15) is 14.4 Å². The van der Waals surface area contributed by atoms with Crippen LogP contribution in [-0.2, 0) is 9.53 Å². The minimum Gasteiger partial charge on any atom is -0.478 e. The van der Waals surface area contributed by atoms with Crippen molar-refractivity contribution in [1.82, 2.24) is 14.7 Å². The highest BCUT2D eigenvalue weighted by atomic mass is 16.6. The van der Waals surface area contributed by atoms with Crippen molar-refractivity contribution >= 4 is 18.0 Å². The number of likely N-dealkylation sites (tertiary alicyclic amines) is 2. The summed E-state index contributed by atoms with van der Waals surface area (Å²) in [5.74, 6) is -0.183. The van der Waals surface area contributed by atoms with Gasteiger partial charge in [0.25, 0.3) is 5.91 Å². The molecule has 1 spiro atoms. The van der Waals surface area contributed by atoms with E-state index in [1.807, 2.05) is 41.8 Å². The Balaban J connectivity index is 1.19. The molecule has 3 aliphatic heterocycles. The average Bonchev–Trinajstić information content (AvgIpc) is 2.96. The maximum absolute atomic E-state index is 13.3. The molecule has 1 aliphatic carbocycles. The van der Waals surface area contributed by atoms with Crippen LogP contribution in [0.1, 0.15) is 85.7 Å². The number of benzene rings is 1. The lowest BCUT2D eigenvalue weighted by molar-refractivity contribution is -0.131. The maximum Gasteiger partial charge on any atom is 0.410 e. The van der Waals surface area contributed by atoms with Crippen molar-refractivity contribution in [3.63, 3.8) is 0 Å². The van der Waals surface area contributed by atoms with Crippen molar-refractivity contribution in [3.8, 4) is 0 Å². The molecule has 4 aliphatic rings. The molecule has 2 amide bonds. The van der Waals surface area contributed by atoms with Crippen LogP contribution in [0, 0.1) is 25.7 Å². The molecule has 41 heavy (non-hydrogen) atoms. The number of carbonyl (C=O) groups is 3. The fraction of sp³-hybridized carbons (Fsp3) is 0.667. The topological polar surface area (TPSA) is 90.4 Å². The van der Waals surface area contributed by atoms with Gasteiger partial charge in [0, 0.05) is 75.7 Å². The molecule has 3 saturated heterocycles. The predicted octanol–water partition coefficient (Wildman–Crippen LogP) is 5.42. The Morgan fingerprint density at radius 2 is 1.66 bits per heavy atom. The van der Waals surface area contributed by atoms with E-state index >= 15 is 0 Å². The van der Waals surface area contributed by atoms with Gasteiger partial charge in [-0.2, -0.15) is 0 Å². The fourth-order valence-corrected chi connectivity index (χ4v) is 7.80. The van der Waals surface area contributed by atoms with E-state index in [2.05, 4.69) is 4.90 Å². The molecular formula is C33H47N3O5. The Hall–Kier alpha value is -2.87. The lowest BCUT2D eigenvalue weighted by Gasteiger charge is -2.52. The zero-order valence-corrected chi connectivity index (χ0v) is 24.9. The Bertz CT molecular complexity index is 1110. The molecule has 1 saturated carbocycles. The van der Waals surface area contributed by atoms with Gasteiger partial charge in [-0.25, -0.2) is 9.59 Å². The van der Waals surface area contributed by atoms with Gasteiger partial charge in [-0.3, -0.25) is 9.69 Å². The molecule has 8 heteroatoms. The lowest BCUT2D eigenvalue weighted by Crippen LogP contribution is -2.61. The molecular weight excluding hydrogens is 518 g/mol. The molecule has 1 aromatic carbocycles. The number of rotatable bonds is 7. The molecule has 1 N–H and O–H groups in total. The zero-order chi connectivity index (χ0) is 29.0. The second kappa shape index (κ2) is 13.0. The van der Waals surface area contributed by atoms with Gasteiger partial charge in [0.05, 0.1) is 0 Å². The smallest absolute Gasteiger partial charge is 0.410 e. The van der Waals surface area contributed by atoms with E-state index in [0.29, 0.717) is 24.9 Å². The van der Waals surface area contributed by atoms with Gasteiger partial charge in [-0.1, -0.05) is 43.5 Å². The lowest BCUT2D eigenvalue weighted by atomic mass is 9.75. The number of carboxylic acid groups (broad SMARTS) is 1. The Labute approximate surface area is 244 Å². The van der Waals surface area contributed by atoms with Crippen molar-refractivity contribution in [2.45, 2.75) is 89.7 Å². The molecule has 224 valence electrons. The maximum atomic E-state index is 13.3. The number of aryl methyl sites for hydroxylation is 2. The standard InChI is InChI=1S/C33H47N3O5/c1-24-8-6-9-25(2)30(24)31(39)35-18-14-28(15-19-35)34-20-16-33(17-21-34)27(12-7-13-29(37)38)23-36(32(40)41-33)22-26-10-4-3-5-11-26/h6-9,13,26-28H,3-5,10-12,14-23H2,1-2H3,(H,37,38)/b13-7+. The Kier molecular flexibility index (Phi) is 9.37. The minimum atomic E-state index is -0.942. The summed E-state index contributed by atoms with van der Waals surface area (Å²) in [5, 5.41) is 9.17. The summed E-state index contributed by atoms with van der Waals surface area (Å²) in [6.45, 7) is 8.62. The summed E-state index contributed by atoms with van der Waals surface area (Å²) < 4.78 is 6.32. The van der Waals surface area contributed by atoms with Crippen molar-refractivity contribution in [1.29, 1.82) is 0 Å². The number of hydrogen-bond acceptors (Lipinski definition) is 5.